The SMILES string of the molecule is OCCOCCSc1ncn(-c2ccccc2)n1. The maximum Gasteiger partial charge on any atom is 0.208 e. The van der Waals surface area contributed by atoms with Gasteiger partial charge < -0.3 is 9.84 Å². The third kappa shape index (κ3) is 3.83. The molecule has 0 aliphatic rings. The van der Waals surface area contributed by atoms with E-state index in [0.717, 1.165) is 16.6 Å². The molecule has 2 rings (SSSR count). The normalized spacial score (nSPS) is 10.7. The fraction of sp³-hybridized carbons (Fsp3) is 0.333. The van der Waals surface area contributed by atoms with E-state index in [9.17, 15) is 0 Å². The summed E-state index contributed by atoms with van der Waals surface area (Å²) >= 11 is 1.54. The Morgan fingerprint density at radius 1 is 1.22 bits per heavy atom. The molecule has 0 radical (unpaired) electrons. The van der Waals surface area contributed by atoms with Crippen LogP contribution in [0.2, 0.25) is 0 Å². The van der Waals surface area contributed by atoms with Crippen molar-refractivity contribution in [1.29, 1.82) is 0 Å². The zero-order valence-electron chi connectivity index (χ0n) is 9.90. The lowest BCUT2D eigenvalue weighted by atomic mass is 10.3. The first-order valence-electron chi connectivity index (χ1n) is 5.68. The van der Waals surface area contributed by atoms with Gasteiger partial charge in [0.05, 0.1) is 25.5 Å². The van der Waals surface area contributed by atoms with E-state index in [4.69, 9.17) is 9.84 Å². The first-order valence-corrected chi connectivity index (χ1v) is 6.67. The van der Waals surface area contributed by atoms with Gasteiger partial charge in [0.1, 0.15) is 6.33 Å². The summed E-state index contributed by atoms with van der Waals surface area (Å²) in [7, 11) is 0. The van der Waals surface area contributed by atoms with Crippen molar-refractivity contribution >= 4 is 11.8 Å². The van der Waals surface area contributed by atoms with E-state index in [0.29, 0.717) is 13.2 Å². The Labute approximate surface area is 110 Å². The molecule has 0 amide bonds. The molecule has 0 aliphatic carbocycles. The highest BCUT2D eigenvalue weighted by Gasteiger charge is 2.02. The molecule has 0 fully saturated rings. The number of thioether (sulfide) groups is 1. The third-order valence-corrected chi connectivity index (χ3v) is 3.00. The highest BCUT2D eigenvalue weighted by molar-refractivity contribution is 7.99. The van der Waals surface area contributed by atoms with Crippen LogP contribution in [0.25, 0.3) is 5.69 Å². The molecule has 18 heavy (non-hydrogen) atoms. The molecule has 0 saturated heterocycles. The van der Waals surface area contributed by atoms with E-state index in [1.807, 2.05) is 30.3 Å². The number of hydrogen-bond acceptors (Lipinski definition) is 5. The topological polar surface area (TPSA) is 60.2 Å². The van der Waals surface area contributed by atoms with Gasteiger partial charge in [-0.15, -0.1) is 5.10 Å². The molecule has 0 aliphatic heterocycles. The van der Waals surface area contributed by atoms with Crippen LogP contribution in [-0.4, -0.2) is 45.4 Å². The number of para-hydroxylation sites is 1. The number of benzene rings is 1. The van der Waals surface area contributed by atoms with Gasteiger partial charge in [0.2, 0.25) is 5.16 Å². The average Bonchev–Trinajstić information content (AvgIpc) is 2.88. The van der Waals surface area contributed by atoms with Crippen molar-refractivity contribution in [3.63, 3.8) is 0 Å². The number of nitrogens with zero attached hydrogens (tertiary/aromatic N) is 3. The first kappa shape index (κ1) is 13.1. The van der Waals surface area contributed by atoms with Gasteiger partial charge in [0, 0.05) is 5.75 Å². The minimum absolute atomic E-state index is 0.0611. The predicted molar refractivity (Wildman–Crippen MR) is 70.0 cm³/mol. The van der Waals surface area contributed by atoms with Gasteiger partial charge in [-0.2, -0.15) is 0 Å². The Morgan fingerprint density at radius 3 is 2.83 bits per heavy atom. The Morgan fingerprint density at radius 2 is 2.06 bits per heavy atom. The van der Waals surface area contributed by atoms with Crippen LogP contribution >= 0.6 is 11.8 Å². The van der Waals surface area contributed by atoms with Crippen molar-refractivity contribution in [3.05, 3.63) is 36.7 Å². The Kier molecular flexibility index (Phi) is 5.19. The fourth-order valence-corrected chi connectivity index (χ4v) is 2.03. The lowest BCUT2D eigenvalue weighted by molar-refractivity contribution is 0.103. The van der Waals surface area contributed by atoms with E-state index in [1.54, 1.807) is 11.0 Å². The fourth-order valence-electron chi connectivity index (χ4n) is 1.38. The second kappa shape index (κ2) is 7.15. The highest BCUT2D eigenvalue weighted by Crippen LogP contribution is 2.13. The largest absolute Gasteiger partial charge is 0.394 e. The first-order chi connectivity index (χ1) is 8.90. The second-order valence-corrected chi connectivity index (χ2v) is 4.55. The maximum absolute atomic E-state index is 8.55. The zero-order chi connectivity index (χ0) is 12.6. The van der Waals surface area contributed by atoms with Crippen molar-refractivity contribution in [2.45, 2.75) is 5.16 Å². The van der Waals surface area contributed by atoms with Crippen LogP contribution in [0.3, 0.4) is 0 Å². The molecule has 0 saturated carbocycles. The van der Waals surface area contributed by atoms with Crippen LogP contribution in [0.4, 0.5) is 0 Å². The summed E-state index contributed by atoms with van der Waals surface area (Å²) in [6.45, 7) is 1.03. The lowest BCUT2D eigenvalue weighted by Crippen LogP contribution is -2.02. The van der Waals surface area contributed by atoms with Gasteiger partial charge in [0.25, 0.3) is 0 Å². The molecular weight excluding hydrogens is 250 g/mol. The van der Waals surface area contributed by atoms with Gasteiger partial charge in [-0.3, -0.25) is 0 Å². The van der Waals surface area contributed by atoms with Crippen molar-refractivity contribution < 1.29 is 9.84 Å². The van der Waals surface area contributed by atoms with Crippen molar-refractivity contribution in [2.24, 2.45) is 0 Å². The minimum atomic E-state index is 0.0611. The van der Waals surface area contributed by atoms with Crippen molar-refractivity contribution in [3.8, 4) is 5.69 Å². The van der Waals surface area contributed by atoms with Gasteiger partial charge in [-0.25, -0.2) is 9.67 Å². The average molecular weight is 265 g/mol. The second-order valence-electron chi connectivity index (χ2n) is 3.49. The number of aliphatic hydroxyl groups is 1. The van der Waals surface area contributed by atoms with E-state index in [-0.39, 0.29) is 6.61 Å². The van der Waals surface area contributed by atoms with E-state index in [2.05, 4.69) is 10.1 Å². The van der Waals surface area contributed by atoms with E-state index in [1.165, 1.54) is 11.8 Å². The molecule has 0 bridgehead atoms. The molecule has 1 aromatic carbocycles. The summed E-state index contributed by atoms with van der Waals surface area (Å²) in [4.78, 5) is 4.22. The monoisotopic (exact) mass is 265 g/mol. The standard InChI is InChI=1S/C12H15N3O2S/c16-6-7-17-8-9-18-12-13-10-15(14-12)11-4-2-1-3-5-11/h1-5,10,16H,6-9H2. The van der Waals surface area contributed by atoms with Gasteiger partial charge >= 0.3 is 0 Å². The molecule has 0 spiro atoms. The number of aliphatic hydroxyl groups excluding tert-OH is 1. The third-order valence-electron chi connectivity index (χ3n) is 2.19. The van der Waals surface area contributed by atoms with Gasteiger partial charge in [0.15, 0.2) is 0 Å². The zero-order valence-corrected chi connectivity index (χ0v) is 10.7. The lowest BCUT2D eigenvalue weighted by Gasteiger charge is -2.00. The molecule has 1 N–H and O–H groups in total. The predicted octanol–water partition coefficient (Wildman–Crippen LogP) is 1.37. The van der Waals surface area contributed by atoms with Crippen LogP contribution in [-0.2, 0) is 4.74 Å². The Balaban J connectivity index is 1.83. The summed E-state index contributed by atoms with van der Waals surface area (Å²) in [5.74, 6) is 0.777. The molecule has 96 valence electrons. The van der Waals surface area contributed by atoms with Crippen LogP contribution in [0.1, 0.15) is 0 Å². The number of ether oxygens (including phenoxy) is 1. The smallest absolute Gasteiger partial charge is 0.208 e. The summed E-state index contributed by atoms with van der Waals surface area (Å²) in [6.07, 6.45) is 1.70. The van der Waals surface area contributed by atoms with E-state index < -0.39 is 0 Å². The molecular formula is C12H15N3O2S. The molecule has 0 unspecified atom stereocenters. The molecule has 1 aromatic heterocycles. The van der Waals surface area contributed by atoms with Gasteiger partial charge in [-0.05, 0) is 12.1 Å². The van der Waals surface area contributed by atoms with Crippen molar-refractivity contribution in [2.75, 3.05) is 25.6 Å². The molecule has 2 aromatic rings. The quantitative estimate of drug-likeness (QED) is 0.605. The van der Waals surface area contributed by atoms with Crippen LogP contribution in [0, 0.1) is 0 Å². The van der Waals surface area contributed by atoms with Crippen LogP contribution < -0.4 is 0 Å². The summed E-state index contributed by atoms with van der Waals surface area (Å²) < 4.78 is 6.91. The molecule has 6 heteroatoms. The molecule has 1 heterocycles. The van der Waals surface area contributed by atoms with Crippen molar-refractivity contribution in [1.82, 2.24) is 14.8 Å². The number of rotatable bonds is 7. The summed E-state index contributed by atoms with van der Waals surface area (Å²) in [6, 6.07) is 9.86. The van der Waals surface area contributed by atoms with Crippen LogP contribution in [0.15, 0.2) is 41.8 Å². The van der Waals surface area contributed by atoms with Crippen LogP contribution in [0.5, 0.6) is 0 Å². The number of hydrogen-bond donors (Lipinski definition) is 1. The number of aromatic nitrogens is 3. The summed E-state index contributed by atoms with van der Waals surface area (Å²) in [5.41, 5.74) is 0.994. The summed E-state index contributed by atoms with van der Waals surface area (Å²) in [5, 5.41) is 13.6. The molecule has 0 atom stereocenters. The van der Waals surface area contributed by atoms with E-state index >= 15 is 0 Å². The Bertz CT molecular complexity index is 461. The minimum Gasteiger partial charge on any atom is -0.394 e. The highest BCUT2D eigenvalue weighted by atomic mass is 32.2. The van der Waals surface area contributed by atoms with Gasteiger partial charge in [-0.1, -0.05) is 30.0 Å². The molecule has 5 nitrogen and oxygen atoms in total. The Hall–Kier alpha value is -1.37. The maximum atomic E-state index is 8.55.